The second-order valence-corrected chi connectivity index (χ2v) is 7.04. The molecule has 2 aromatic carbocycles. The molecule has 1 aromatic heterocycles. The highest BCUT2D eigenvalue weighted by Crippen LogP contribution is 2.37. The first-order chi connectivity index (χ1) is 12.1. The van der Waals surface area contributed by atoms with Gasteiger partial charge in [-0.05, 0) is 31.2 Å². The number of benzene rings is 2. The minimum absolute atomic E-state index is 0.127. The maximum Gasteiger partial charge on any atom is 0.417 e. The largest absolute Gasteiger partial charge is 0.422 e. The highest BCUT2D eigenvalue weighted by Gasteiger charge is 2.34. The highest BCUT2D eigenvalue weighted by atomic mass is 32.2. The molecular formula is C19H13F3O3S. The molecule has 0 unspecified atom stereocenters. The molecule has 0 radical (unpaired) electrons. The number of carbonyl (C=O) groups is 1. The van der Waals surface area contributed by atoms with E-state index in [2.05, 4.69) is 0 Å². The maximum absolute atomic E-state index is 13.4. The zero-order valence-electron chi connectivity index (χ0n) is 13.8. The van der Waals surface area contributed by atoms with Gasteiger partial charge in [0.25, 0.3) is 0 Å². The number of rotatable bonds is 2. The molecule has 0 bridgehead atoms. The average molecular weight is 378 g/mol. The third kappa shape index (κ3) is 3.67. The zero-order chi connectivity index (χ0) is 19.1. The molecule has 0 N–H and O–H groups in total. The molecule has 3 aromatic rings. The Hall–Kier alpha value is -2.54. The summed E-state index contributed by atoms with van der Waals surface area (Å²) in [6.45, 7) is 2.96. The van der Waals surface area contributed by atoms with E-state index in [9.17, 15) is 22.8 Å². The lowest BCUT2D eigenvalue weighted by atomic mass is 9.98. The Kier molecular flexibility index (Phi) is 4.66. The van der Waals surface area contributed by atoms with E-state index in [1.807, 2.05) is 0 Å². The van der Waals surface area contributed by atoms with Crippen LogP contribution in [0.15, 0.2) is 56.6 Å². The Balaban J connectivity index is 2.20. The fourth-order valence-corrected chi connectivity index (χ4v) is 3.27. The lowest BCUT2D eigenvalue weighted by molar-refractivity contribution is -0.137. The van der Waals surface area contributed by atoms with Crippen LogP contribution in [-0.4, -0.2) is 5.12 Å². The Morgan fingerprint density at radius 2 is 1.77 bits per heavy atom. The molecule has 0 aliphatic rings. The van der Waals surface area contributed by atoms with Crippen LogP contribution in [-0.2, 0) is 11.0 Å². The van der Waals surface area contributed by atoms with Gasteiger partial charge in [-0.1, -0.05) is 35.5 Å². The van der Waals surface area contributed by atoms with Crippen molar-refractivity contribution >= 4 is 27.8 Å². The van der Waals surface area contributed by atoms with E-state index < -0.39 is 17.4 Å². The lowest BCUT2D eigenvalue weighted by Gasteiger charge is -2.13. The number of thioether (sulfide) groups is 1. The summed E-state index contributed by atoms with van der Waals surface area (Å²) in [4.78, 5) is 24.1. The van der Waals surface area contributed by atoms with Gasteiger partial charge in [0.05, 0.1) is 11.1 Å². The molecule has 7 heteroatoms. The van der Waals surface area contributed by atoms with E-state index in [1.165, 1.54) is 31.2 Å². The molecular weight excluding hydrogens is 365 g/mol. The van der Waals surface area contributed by atoms with Crippen LogP contribution in [0.1, 0.15) is 18.1 Å². The third-order valence-electron chi connectivity index (χ3n) is 3.74. The van der Waals surface area contributed by atoms with Gasteiger partial charge in [-0.2, -0.15) is 13.2 Å². The Bertz CT molecular complexity index is 1070. The van der Waals surface area contributed by atoms with Gasteiger partial charge < -0.3 is 4.42 Å². The molecule has 0 saturated heterocycles. The second kappa shape index (κ2) is 6.64. The fourth-order valence-electron chi connectivity index (χ4n) is 2.64. The standard InChI is InChI=1S/C19H13F3O3S/c1-10-3-6-14(16(7-10)19(20,21)22)15-8-12-4-5-13(26-11(2)23)9-17(12)25-18(15)24/h3-9H,1-2H3. The van der Waals surface area contributed by atoms with Crippen LogP contribution in [0.3, 0.4) is 0 Å². The van der Waals surface area contributed by atoms with Gasteiger partial charge >= 0.3 is 11.8 Å². The molecule has 0 aliphatic heterocycles. The van der Waals surface area contributed by atoms with Gasteiger partial charge in [-0.15, -0.1) is 0 Å². The minimum Gasteiger partial charge on any atom is -0.422 e. The van der Waals surface area contributed by atoms with E-state index in [4.69, 9.17) is 4.42 Å². The van der Waals surface area contributed by atoms with Crippen molar-refractivity contribution in [2.24, 2.45) is 0 Å². The molecule has 0 amide bonds. The van der Waals surface area contributed by atoms with E-state index in [0.717, 1.165) is 17.8 Å². The van der Waals surface area contributed by atoms with Crippen molar-refractivity contribution in [2.75, 3.05) is 0 Å². The molecule has 0 spiro atoms. The first kappa shape index (κ1) is 18.3. The highest BCUT2D eigenvalue weighted by molar-refractivity contribution is 8.13. The smallest absolute Gasteiger partial charge is 0.417 e. The van der Waals surface area contributed by atoms with Crippen LogP contribution in [0.2, 0.25) is 0 Å². The van der Waals surface area contributed by atoms with Crippen LogP contribution in [0, 0.1) is 6.92 Å². The van der Waals surface area contributed by atoms with Crippen molar-refractivity contribution in [3.63, 3.8) is 0 Å². The molecule has 1 heterocycles. The summed E-state index contributed by atoms with van der Waals surface area (Å²) in [5, 5.41) is 0.346. The van der Waals surface area contributed by atoms with Crippen LogP contribution >= 0.6 is 11.8 Å². The topological polar surface area (TPSA) is 47.3 Å². The number of hydrogen-bond acceptors (Lipinski definition) is 4. The molecule has 3 rings (SSSR count). The summed E-state index contributed by atoms with van der Waals surface area (Å²) in [7, 11) is 0. The summed E-state index contributed by atoms with van der Waals surface area (Å²) in [6, 6.07) is 9.95. The summed E-state index contributed by atoms with van der Waals surface area (Å²) >= 11 is 0.977. The minimum atomic E-state index is -4.59. The predicted octanol–water partition coefficient (Wildman–Crippen LogP) is 5.43. The molecule has 134 valence electrons. The molecule has 3 nitrogen and oxygen atoms in total. The van der Waals surface area contributed by atoms with Crippen molar-refractivity contribution in [3.05, 3.63) is 64.0 Å². The van der Waals surface area contributed by atoms with Crippen LogP contribution < -0.4 is 5.63 Å². The molecule has 26 heavy (non-hydrogen) atoms. The number of alkyl halides is 3. The van der Waals surface area contributed by atoms with Gasteiger partial charge in [0, 0.05) is 22.8 Å². The number of hydrogen-bond donors (Lipinski definition) is 0. The second-order valence-electron chi connectivity index (χ2n) is 5.79. The van der Waals surface area contributed by atoms with Crippen molar-refractivity contribution in [1.82, 2.24) is 0 Å². The summed E-state index contributed by atoms with van der Waals surface area (Å²) in [5.74, 6) is 0. The van der Waals surface area contributed by atoms with Gasteiger partial charge in [-0.25, -0.2) is 4.79 Å². The van der Waals surface area contributed by atoms with Crippen molar-refractivity contribution in [3.8, 4) is 11.1 Å². The monoisotopic (exact) mass is 378 g/mol. The van der Waals surface area contributed by atoms with Gasteiger partial charge in [0.15, 0.2) is 5.12 Å². The van der Waals surface area contributed by atoms with Gasteiger partial charge in [0.1, 0.15) is 5.58 Å². The number of halogens is 3. The summed E-state index contributed by atoms with van der Waals surface area (Å²) in [6.07, 6.45) is -4.59. The first-order valence-electron chi connectivity index (χ1n) is 7.60. The molecule has 0 saturated carbocycles. The Morgan fingerprint density at radius 3 is 2.42 bits per heavy atom. The van der Waals surface area contributed by atoms with E-state index in [1.54, 1.807) is 19.1 Å². The van der Waals surface area contributed by atoms with Crippen molar-refractivity contribution in [1.29, 1.82) is 0 Å². The van der Waals surface area contributed by atoms with E-state index in [-0.39, 0.29) is 21.8 Å². The third-order valence-corrected chi connectivity index (χ3v) is 4.52. The lowest BCUT2D eigenvalue weighted by Crippen LogP contribution is -2.11. The van der Waals surface area contributed by atoms with E-state index >= 15 is 0 Å². The Labute approximate surface area is 150 Å². The van der Waals surface area contributed by atoms with Crippen molar-refractivity contribution < 1.29 is 22.4 Å². The van der Waals surface area contributed by atoms with Crippen molar-refractivity contribution in [2.45, 2.75) is 24.9 Å². The van der Waals surface area contributed by atoms with Crippen LogP contribution in [0.25, 0.3) is 22.1 Å². The van der Waals surface area contributed by atoms with Crippen LogP contribution in [0.5, 0.6) is 0 Å². The maximum atomic E-state index is 13.4. The normalized spacial score (nSPS) is 11.7. The summed E-state index contributed by atoms with van der Waals surface area (Å²) in [5.41, 5.74) is -1.47. The number of carbonyl (C=O) groups excluding carboxylic acids is 1. The fraction of sp³-hybridized carbons (Fsp3) is 0.158. The summed E-state index contributed by atoms with van der Waals surface area (Å²) < 4.78 is 45.3. The SMILES string of the molecule is CC(=O)Sc1ccc2cc(-c3ccc(C)cc3C(F)(F)F)c(=O)oc2c1. The molecule has 0 atom stereocenters. The quantitative estimate of drug-likeness (QED) is 0.441. The predicted molar refractivity (Wildman–Crippen MR) is 94.2 cm³/mol. The van der Waals surface area contributed by atoms with Gasteiger partial charge in [0.2, 0.25) is 0 Å². The number of fused-ring (bicyclic) bond motifs is 1. The van der Waals surface area contributed by atoms with E-state index in [0.29, 0.717) is 15.8 Å². The number of aryl methyl sites for hydroxylation is 1. The van der Waals surface area contributed by atoms with Crippen LogP contribution in [0.4, 0.5) is 13.2 Å². The molecule has 0 aliphatic carbocycles. The first-order valence-corrected chi connectivity index (χ1v) is 8.41. The molecule has 0 fully saturated rings. The Morgan fingerprint density at radius 1 is 1.04 bits per heavy atom. The average Bonchev–Trinajstić information content (AvgIpc) is 2.53. The van der Waals surface area contributed by atoms with Gasteiger partial charge in [-0.3, -0.25) is 4.79 Å². The zero-order valence-corrected chi connectivity index (χ0v) is 14.6.